The van der Waals surface area contributed by atoms with E-state index in [1.165, 1.54) is 0 Å². The van der Waals surface area contributed by atoms with Crippen LogP contribution in [0.5, 0.6) is 0 Å². The van der Waals surface area contributed by atoms with Crippen LogP contribution in [0.3, 0.4) is 0 Å². The largest absolute Gasteiger partial charge is 0.480 e. The summed E-state index contributed by atoms with van der Waals surface area (Å²) in [4.78, 5) is 28.0. The molecule has 2 N–H and O–H groups in total. The zero-order valence-electron chi connectivity index (χ0n) is 13.0. The topological polar surface area (TPSA) is 79.3 Å². The number of carboxylic acids is 1. The Bertz CT molecular complexity index is 712. The summed E-state index contributed by atoms with van der Waals surface area (Å²) in [5.41, 5.74) is 2.16. The predicted molar refractivity (Wildman–Crippen MR) is 84.8 cm³/mol. The average Bonchev–Trinajstić information content (AvgIpc) is 2.50. The van der Waals surface area contributed by atoms with Crippen LogP contribution < -0.4 is 5.32 Å². The molecule has 2 rings (SSSR count). The Labute approximate surface area is 129 Å². The highest BCUT2D eigenvalue weighted by Gasteiger charge is 2.25. The molecule has 22 heavy (non-hydrogen) atoms. The third-order valence-corrected chi connectivity index (χ3v) is 3.86. The summed E-state index contributed by atoms with van der Waals surface area (Å²) in [6, 6.07) is 8.06. The van der Waals surface area contributed by atoms with Crippen LogP contribution in [0, 0.1) is 12.8 Å². The normalized spacial score (nSPS) is 13.6. The van der Waals surface area contributed by atoms with Gasteiger partial charge in [-0.05, 0) is 37.1 Å². The highest BCUT2D eigenvalue weighted by molar-refractivity contribution is 5.99. The molecule has 0 aliphatic rings. The molecule has 1 aromatic heterocycles. The number of fused-ring (bicyclic) bond motifs is 1. The minimum atomic E-state index is -1.01. The van der Waals surface area contributed by atoms with Crippen molar-refractivity contribution < 1.29 is 14.7 Å². The number of aryl methyl sites for hydroxylation is 1. The van der Waals surface area contributed by atoms with E-state index in [9.17, 15) is 14.7 Å². The minimum Gasteiger partial charge on any atom is -0.480 e. The number of aromatic nitrogens is 1. The number of carbonyl (C=O) groups excluding carboxylic acids is 1. The van der Waals surface area contributed by atoms with E-state index < -0.39 is 12.0 Å². The van der Waals surface area contributed by atoms with Crippen molar-refractivity contribution in [2.24, 2.45) is 5.92 Å². The predicted octanol–water partition coefficient (Wildman–Crippen LogP) is 2.77. The molecule has 2 aromatic rings. The van der Waals surface area contributed by atoms with Gasteiger partial charge in [-0.2, -0.15) is 0 Å². The molecule has 0 bridgehead atoms. The van der Waals surface area contributed by atoms with Gasteiger partial charge in [0.1, 0.15) is 6.04 Å². The number of aliphatic carboxylic acids is 1. The number of benzene rings is 1. The van der Waals surface area contributed by atoms with Gasteiger partial charge in [0, 0.05) is 16.6 Å². The maximum absolute atomic E-state index is 12.3. The molecule has 0 aliphatic heterocycles. The Morgan fingerprint density at radius 2 is 2.00 bits per heavy atom. The van der Waals surface area contributed by atoms with E-state index in [4.69, 9.17) is 0 Å². The number of nitrogens with zero attached hydrogens (tertiary/aromatic N) is 1. The Hall–Kier alpha value is -2.43. The van der Waals surface area contributed by atoms with Crippen molar-refractivity contribution in [3.63, 3.8) is 0 Å². The second-order valence-electron chi connectivity index (χ2n) is 5.54. The molecule has 1 heterocycles. The first kappa shape index (κ1) is 15.9. The van der Waals surface area contributed by atoms with Gasteiger partial charge in [-0.25, -0.2) is 4.79 Å². The molecule has 0 spiro atoms. The van der Waals surface area contributed by atoms with E-state index in [1.54, 1.807) is 18.2 Å². The summed E-state index contributed by atoms with van der Waals surface area (Å²) in [6.45, 7) is 5.62. The maximum Gasteiger partial charge on any atom is 0.326 e. The lowest BCUT2D eigenvalue weighted by Crippen LogP contribution is -2.45. The van der Waals surface area contributed by atoms with Gasteiger partial charge in [0.15, 0.2) is 0 Å². The summed E-state index contributed by atoms with van der Waals surface area (Å²) in [5.74, 6) is -1.53. The molecule has 5 heteroatoms. The van der Waals surface area contributed by atoms with E-state index in [0.29, 0.717) is 12.0 Å². The van der Waals surface area contributed by atoms with Crippen LogP contribution in [0.2, 0.25) is 0 Å². The first-order chi connectivity index (χ1) is 10.4. The highest BCUT2D eigenvalue weighted by Crippen LogP contribution is 2.16. The van der Waals surface area contributed by atoms with Gasteiger partial charge < -0.3 is 10.4 Å². The van der Waals surface area contributed by atoms with Crippen LogP contribution in [0.25, 0.3) is 10.9 Å². The molecule has 0 saturated carbocycles. The molecule has 0 radical (unpaired) electrons. The van der Waals surface area contributed by atoms with E-state index in [1.807, 2.05) is 32.9 Å². The fourth-order valence-electron chi connectivity index (χ4n) is 2.28. The second-order valence-corrected chi connectivity index (χ2v) is 5.54. The Kier molecular flexibility index (Phi) is 4.75. The Morgan fingerprint density at radius 3 is 2.64 bits per heavy atom. The average molecular weight is 300 g/mol. The number of hydrogen-bond donors (Lipinski definition) is 2. The number of carboxylic acid groups (broad SMARTS) is 1. The molecule has 0 fully saturated rings. The summed E-state index contributed by atoms with van der Waals surface area (Å²) < 4.78 is 0. The Morgan fingerprint density at radius 1 is 1.27 bits per heavy atom. The van der Waals surface area contributed by atoms with Gasteiger partial charge in [0.05, 0.1) is 5.52 Å². The van der Waals surface area contributed by atoms with Gasteiger partial charge >= 0.3 is 5.97 Å². The van der Waals surface area contributed by atoms with Crippen LogP contribution in [0.4, 0.5) is 0 Å². The van der Waals surface area contributed by atoms with Gasteiger partial charge in [-0.1, -0.05) is 26.3 Å². The molecule has 0 aliphatic carbocycles. The SMILES string of the molecule is CC[C@H](C)[C@H](NC(=O)c1ccc2nc(C)ccc2c1)C(=O)O. The highest BCUT2D eigenvalue weighted by atomic mass is 16.4. The van der Waals surface area contributed by atoms with Gasteiger partial charge in [-0.15, -0.1) is 0 Å². The molecule has 0 saturated heterocycles. The summed E-state index contributed by atoms with van der Waals surface area (Å²) in [5, 5.41) is 12.7. The standard InChI is InChI=1S/C17H20N2O3/c1-4-10(2)15(17(21)22)19-16(20)13-7-8-14-12(9-13)6-5-11(3)18-14/h5-10,15H,4H2,1-3H3,(H,19,20)(H,21,22)/t10-,15-/m0/s1. The lowest BCUT2D eigenvalue weighted by Gasteiger charge is -2.20. The van der Waals surface area contributed by atoms with Crippen molar-refractivity contribution in [2.75, 3.05) is 0 Å². The molecular formula is C17H20N2O3. The number of pyridine rings is 1. The first-order valence-electron chi connectivity index (χ1n) is 7.33. The second kappa shape index (κ2) is 6.56. The van der Waals surface area contributed by atoms with E-state index in [0.717, 1.165) is 16.6 Å². The summed E-state index contributed by atoms with van der Waals surface area (Å²) in [6.07, 6.45) is 0.679. The van der Waals surface area contributed by atoms with Crippen molar-refractivity contribution in [2.45, 2.75) is 33.2 Å². The third-order valence-electron chi connectivity index (χ3n) is 3.86. The molecule has 1 amide bonds. The quantitative estimate of drug-likeness (QED) is 0.890. The van der Waals surface area contributed by atoms with Gasteiger partial charge in [-0.3, -0.25) is 9.78 Å². The molecular weight excluding hydrogens is 280 g/mol. The summed E-state index contributed by atoms with van der Waals surface area (Å²) in [7, 11) is 0. The fraction of sp³-hybridized carbons (Fsp3) is 0.353. The number of carbonyl (C=O) groups is 2. The number of amides is 1. The van der Waals surface area contributed by atoms with E-state index in [-0.39, 0.29) is 11.8 Å². The van der Waals surface area contributed by atoms with Crippen molar-refractivity contribution in [1.82, 2.24) is 10.3 Å². The molecule has 2 atom stereocenters. The van der Waals surface area contributed by atoms with Crippen LogP contribution in [-0.4, -0.2) is 28.0 Å². The first-order valence-corrected chi connectivity index (χ1v) is 7.33. The van der Waals surface area contributed by atoms with Gasteiger partial charge in [0.25, 0.3) is 5.91 Å². The van der Waals surface area contributed by atoms with Crippen LogP contribution >= 0.6 is 0 Å². The van der Waals surface area contributed by atoms with Crippen molar-refractivity contribution in [3.05, 3.63) is 41.6 Å². The molecule has 116 valence electrons. The molecule has 5 nitrogen and oxygen atoms in total. The fourth-order valence-corrected chi connectivity index (χ4v) is 2.28. The Balaban J connectivity index is 2.25. The van der Waals surface area contributed by atoms with Crippen LogP contribution in [-0.2, 0) is 4.79 Å². The lowest BCUT2D eigenvalue weighted by molar-refractivity contribution is -0.140. The van der Waals surface area contributed by atoms with E-state index >= 15 is 0 Å². The maximum atomic E-state index is 12.3. The smallest absolute Gasteiger partial charge is 0.326 e. The van der Waals surface area contributed by atoms with Gasteiger partial charge in [0.2, 0.25) is 0 Å². The summed E-state index contributed by atoms with van der Waals surface area (Å²) >= 11 is 0. The lowest BCUT2D eigenvalue weighted by atomic mass is 9.99. The van der Waals surface area contributed by atoms with E-state index in [2.05, 4.69) is 10.3 Å². The van der Waals surface area contributed by atoms with Crippen LogP contribution in [0.15, 0.2) is 30.3 Å². The zero-order chi connectivity index (χ0) is 16.3. The molecule has 1 aromatic carbocycles. The number of rotatable bonds is 5. The zero-order valence-corrected chi connectivity index (χ0v) is 13.0. The number of nitrogens with one attached hydrogen (secondary N) is 1. The monoisotopic (exact) mass is 300 g/mol. The number of hydrogen-bond acceptors (Lipinski definition) is 3. The molecule has 0 unspecified atom stereocenters. The minimum absolute atomic E-state index is 0.133. The van der Waals surface area contributed by atoms with Crippen molar-refractivity contribution in [1.29, 1.82) is 0 Å². The third kappa shape index (κ3) is 3.42. The van der Waals surface area contributed by atoms with Crippen molar-refractivity contribution >= 4 is 22.8 Å². The van der Waals surface area contributed by atoms with Crippen molar-refractivity contribution in [3.8, 4) is 0 Å². The van der Waals surface area contributed by atoms with Crippen LogP contribution in [0.1, 0.15) is 36.3 Å².